The third kappa shape index (κ3) is 9.43. The summed E-state index contributed by atoms with van der Waals surface area (Å²) in [7, 11) is -1.02. The summed E-state index contributed by atoms with van der Waals surface area (Å²) in [6.45, 7) is 6.94. The number of ether oxygens (including phenoxy) is 4. The molecule has 0 amide bonds. The van der Waals surface area contributed by atoms with Crippen molar-refractivity contribution in [2.24, 2.45) is 10.8 Å². The van der Waals surface area contributed by atoms with E-state index in [9.17, 15) is 16.8 Å². The Hall–Kier alpha value is -5.44. The van der Waals surface area contributed by atoms with E-state index in [2.05, 4.69) is 40.3 Å². The molecule has 4 saturated carbocycles. The van der Waals surface area contributed by atoms with Crippen molar-refractivity contribution in [1.82, 2.24) is 49.5 Å². The van der Waals surface area contributed by atoms with Crippen LogP contribution in [0.4, 0.5) is 0 Å². The summed E-state index contributed by atoms with van der Waals surface area (Å²) in [4.78, 5) is 16.9. The van der Waals surface area contributed by atoms with Gasteiger partial charge in [0.25, 0.3) is 0 Å². The van der Waals surface area contributed by atoms with Gasteiger partial charge in [-0.1, -0.05) is 49.2 Å². The standard InChI is InChI=1S/2C24H28ClN5O4S/c2*1-14(22-26-11-16(25)12-27-22)15(2)35(31,32)13-20-28-29-23(17-10-24(17)8-9-24)30(20)21-18(33-3)6-5-7-19(21)34-4/h2*5-7,11-12,14-15,17H,8-10,13H2,1-4H3/t14-,15-,17+;14-,15-,17-/m00/s1. The van der Waals surface area contributed by atoms with E-state index in [1.807, 2.05) is 45.5 Å². The number of benzene rings is 2. The first kappa shape index (κ1) is 49.5. The maximum Gasteiger partial charge on any atom is 0.160 e. The molecular weight excluding hydrogens is 980 g/mol. The van der Waals surface area contributed by atoms with Gasteiger partial charge in [0.2, 0.25) is 0 Å². The van der Waals surface area contributed by atoms with E-state index in [0.717, 1.165) is 50.2 Å². The molecule has 18 nitrogen and oxygen atoms in total. The third-order valence-electron chi connectivity index (χ3n) is 14.8. The van der Waals surface area contributed by atoms with E-state index in [1.54, 1.807) is 56.1 Å². The highest BCUT2D eigenvalue weighted by atomic mass is 35.5. The molecule has 6 aromatic rings. The molecule has 2 spiro atoms. The van der Waals surface area contributed by atoms with Gasteiger partial charge in [-0.15, -0.1) is 20.4 Å². The van der Waals surface area contributed by atoms with Crippen molar-refractivity contribution < 1.29 is 35.8 Å². The first-order valence-electron chi connectivity index (χ1n) is 23.1. The Morgan fingerprint density at radius 3 is 1.14 bits per heavy atom. The van der Waals surface area contributed by atoms with Crippen LogP contribution in [-0.4, -0.2) is 105 Å². The minimum Gasteiger partial charge on any atom is -0.494 e. The first-order chi connectivity index (χ1) is 33.4. The monoisotopic (exact) mass is 1030 g/mol. The molecule has 4 heterocycles. The van der Waals surface area contributed by atoms with Gasteiger partial charge in [0.05, 0.1) is 49.0 Å². The van der Waals surface area contributed by atoms with E-state index in [4.69, 9.17) is 42.1 Å². The summed E-state index contributed by atoms with van der Waals surface area (Å²) in [5, 5.41) is 17.0. The van der Waals surface area contributed by atoms with Crippen LogP contribution in [0.1, 0.15) is 125 Å². The van der Waals surface area contributed by atoms with E-state index >= 15 is 0 Å². The molecule has 22 heteroatoms. The SMILES string of the molecule is COc1cccc(OC)c1-n1c(CS(=O)(=O)[C@@H](C)[C@H](C)c2ncc(Cl)cn2)nnc1[C@@H]1CC12CC2.COc1cccc(OC)c1-n1c(CS(=O)(=O)[C@@H](C)[C@H](C)c2ncc(Cl)cn2)nnc1[C@H]1CC12CC2. The van der Waals surface area contributed by atoms with Gasteiger partial charge in [-0.2, -0.15) is 0 Å². The predicted octanol–water partition coefficient (Wildman–Crippen LogP) is 8.20. The van der Waals surface area contributed by atoms with E-state index in [0.29, 0.717) is 78.5 Å². The fraction of sp³-hybridized carbons (Fsp3) is 0.500. The zero-order chi connectivity index (χ0) is 49.9. The maximum atomic E-state index is 13.6. The van der Waals surface area contributed by atoms with Crippen LogP contribution in [0.2, 0.25) is 10.0 Å². The van der Waals surface area contributed by atoms with Crippen LogP contribution in [0.25, 0.3) is 11.4 Å². The van der Waals surface area contributed by atoms with Crippen LogP contribution in [-0.2, 0) is 31.2 Å². The normalized spacial score (nSPS) is 19.9. The van der Waals surface area contributed by atoms with Crippen LogP contribution >= 0.6 is 23.2 Å². The Bertz CT molecular complexity index is 2870. The number of aromatic nitrogens is 10. The molecule has 0 radical (unpaired) electrons. The largest absolute Gasteiger partial charge is 0.494 e. The summed E-state index contributed by atoms with van der Waals surface area (Å²) in [5.74, 6) is 4.32. The third-order valence-corrected chi connectivity index (χ3v) is 19.6. The van der Waals surface area contributed by atoms with Crippen molar-refractivity contribution in [2.45, 2.75) is 112 Å². The molecule has 6 atom stereocenters. The van der Waals surface area contributed by atoms with Gasteiger partial charge in [-0.25, -0.2) is 36.8 Å². The summed E-state index contributed by atoms with van der Waals surface area (Å²) < 4.78 is 80.6. The molecule has 0 unspecified atom stereocenters. The van der Waals surface area contributed by atoms with Gasteiger partial charge in [-0.05, 0) is 87.5 Å². The molecule has 372 valence electrons. The fourth-order valence-corrected chi connectivity index (χ4v) is 12.8. The number of para-hydroxylation sites is 2. The predicted molar refractivity (Wildman–Crippen MR) is 262 cm³/mol. The van der Waals surface area contributed by atoms with Crippen molar-refractivity contribution >= 4 is 42.9 Å². The van der Waals surface area contributed by atoms with Gasteiger partial charge < -0.3 is 18.9 Å². The highest BCUT2D eigenvalue weighted by Gasteiger charge is 2.66. The average Bonchev–Trinajstić information content (AvgIpc) is 4.32. The molecule has 0 saturated heterocycles. The zero-order valence-electron chi connectivity index (χ0n) is 40.2. The van der Waals surface area contributed by atoms with Crippen LogP contribution in [0.15, 0.2) is 61.2 Å². The number of halogens is 2. The topological polar surface area (TPSA) is 218 Å². The number of methoxy groups -OCH3 is 4. The molecule has 0 aliphatic heterocycles. The van der Waals surface area contributed by atoms with Crippen LogP contribution < -0.4 is 18.9 Å². The molecule has 0 N–H and O–H groups in total. The smallest absolute Gasteiger partial charge is 0.160 e. The highest BCUT2D eigenvalue weighted by Crippen LogP contribution is 2.75. The highest BCUT2D eigenvalue weighted by molar-refractivity contribution is 7.91. The van der Waals surface area contributed by atoms with Crippen LogP contribution in [0.3, 0.4) is 0 Å². The lowest BCUT2D eigenvalue weighted by Crippen LogP contribution is -2.27. The lowest BCUT2D eigenvalue weighted by atomic mass is 10.1. The van der Waals surface area contributed by atoms with Crippen molar-refractivity contribution in [3.8, 4) is 34.4 Å². The lowest BCUT2D eigenvalue weighted by molar-refractivity contribution is 0.389. The van der Waals surface area contributed by atoms with Crippen molar-refractivity contribution in [2.75, 3.05) is 28.4 Å². The summed E-state index contributed by atoms with van der Waals surface area (Å²) in [6, 6.07) is 10.9. The second-order valence-corrected chi connectivity index (χ2v) is 24.6. The van der Waals surface area contributed by atoms with Gasteiger partial charge in [-0.3, -0.25) is 9.13 Å². The molecule has 4 aliphatic carbocycles. The minimum absolute atomic E-state index is 0.250. The first-order valence-corrected chi connectivity index (χ1v) is 27.3. The number of nitrogens with zero attached hydrogens (tertiary/aromatic N) is 10. The summed E-state index contributed by atoms with van der Waals surface area (Å²) in [5.41, 5.74) is 1.83. The van der Waals surface area contributed by atoms with E-state index in [-0.39, 0.29) is 23.3 Å². The Labute approximate surface area is 417 Å². The number of rotatable bonds is 18. The molecule has 4 aliphatic rings. The Kier molecular flexibility index (Phi) is 13.4. The fourth-order valence-electron chi connectivity index (χ4n) is 9.52. The summed E-state index contributed by atoms with van der Waals surface area (Å²) in [6.07, 6.45) is 12.6. The zero-order valence-corrected chi connectivity index (χ0v) is 43.3. The molecule has 0 bridgehead atoms. The number of hydrogen-bond donors (Lipinski definition) is 0. The van der Waals surface area contributed by atoms with Gasteiger partial charge >= 0.3 is 0 Å². The second kappa shape index (κ2) is 19.0. The maximum absolute atomic E-state index is 13.6. The average molecular weight is 1040 g/mol. The van der Waals surface area contributed by atoms with Crippen molar-refractivity contribution in [1.29, 1.82) is 0 Å². The van der Waals surface area contributed by atoms with Gasteiger partial charge in [0.15, 0.2) is 31.3 Å². The Balaban J connectivity index is 0.000000174. The van der Waals surface area contributed by atoms with Crippen molar-refractivity contribution in [3.05, 3.63) is 106 Å². The van der Waals surface area contributed by atoms with Gasteiger partial charge in [0.1, 0.15) is 69.2 Å². The van der Waals surface area contributed by atoms with Crippen LogP contribution in [0.5, 0.6) is 23.0 Å². The quantitative estimate of drug-likeness (QED) is 0.0792. The summed E-state index contributed by atoms with van der Waals surface area (Å²) >= 11 is 11.8. The number of hydrogen-bond acceptors (Lipinski definition) is 16. The molecule has 4 fully saturated rings. The van der Waals surface area contributed by atoms with Gasteiger partial charge in [0, 0.05) is 48.5 Å². The molecule has 70 heavy (non-hydrogen) atoms. The van der Waals surface area contributed by atoms with Crippen LogP contribution in [0, 0.1) is 10.8 Å². The van der Waals surface area contributed by atoms with E-state index in [1.165, 1.54) is 24.8 Å². The molecular formula is C48H56Cl2N10O8S2. The second-order valence-electron chi connectivity index (χ2n) is 19.0. The molecule has 10 rings (SSSR count). The lowest BCUT2D eigenvalue weighted by Gasteiger charge is -2.20. The number of sulfone groups is 2. The van der Waals surface area contributed by atoms with Crippen molar-refractivity contribution in [3.63, 3.8) is 0 Å². The minimum atomic E-state index is -3.66. The molecule has 2 aromatic carbocycles. The molecule has 4 aromatic heterocycles. The Morgan fingerprint density at radius 1 is 0.557 bits per heavy atom. The Morgan fingerprint density at radius 2 is 0.871 bits per heavy atom. The van der Waals surface area contributed by atoms with E-state index < -0.39 is 42.0 Å².